The van der Waals surface area contributed by atoms with Gasteiger partial charge in [0.1, 0.15) is 6.04 Å². The number of carbonyl (C=O) groups excluding carboxylic acids is 1. The Bertz CT molecular complexity index is 1330. The van der Waals surface area contributed by atoms with E-state index in [1.54, 1.807) is 24.1 Å². The lowest BCUT2D eigenvalue weighted by atomic mass is 10.1. The first kappa shape index (κ1) is 20.2. The molecule has 13 heteroatoms. The van der Waals surface area contributed by atoms with Gasteiger partial charge in [0.05, 0.1) is 36.1 Å². The number of carbonyl (C=O) groups is 1. The van der Waals surface area contributed by atoms with Crippen molar-refractivity contribution in [3.8, 4) is 11.4 Å². The Hall–Kier alpha value is -3.74. The molecule has 1 saturated heterocycles. The number of rotatable bonds is 3. The zero-order valence-corrected chi connectivity index (χ0v) is 16.7. The number of nitrogens with one attached hydrogen (secondary N) is 2. The zero-order valence-electron chi connectivity index (χ0n) is 16.7. The SMILES string of the molecule is Cn1cc(-c2nc3c4cccc(C(F)(F)F)c4nc(N[C@@H]4COCCNC4=O)n3n2)cn1. The summed E-state index contributed by atoms with van der Waals surface area (Å²) in [6.07, 6.45) is -1.40. The third kappa shape index (κ3) is 3.49. The molecule has 4 heterocycles. The van der Waals surface area contributed by atoms with Gasteiger partial charge < -0.3 is 15.4 Å². The maximum atomic E-state index is 13.7. The Morgan fingerprint density at radius 2 is 2.12 bits per heavy atom. The summed E-state index contributed by atoms with van der Waals surface area (Å²) in [5.74, 6) is -0.152. The van der Waals surface area contributed by atoms with Crippen molar-refractivity contribution in [2.24, 2.45) is 7.05 Å². The van der Waals surface area contributed by atoms with Crippen LogP contribution in [0.2, 0.25) is 0 Å². The molecule has 0 aliphatic carbocycles. The van der Waals surface area contributed by atoms with E-state index >= 15 is 0 Å². The smallest absolute Gasteiger partial charge is 0.377 e. The number of aromatic nitrogens is 6. The molecule has 10 nitrogen and oxygen atoms in total. The standard InChI is InChI=1S/C19H17F3N8O2/c1-29-8-10(7-24-29)15-27-16-11-3-2-4-12(19(20,21)22)14(11)26-18(30(16)28-15)25-13-9-32-6-5-23-17(13)31/h2-4,7-8,13H,5-6,9H2,1H3,(H,23,31)(H,25,26)/t13-/m1/s1. The highest BCUT2D eigenvalue weighted by Gasteiger charge is 2.34. The van der Waals surface area contributed by atoms with E-state index in [4.69, 9.17) is 4.74 Å². The van der Waals surface area contributed by atoms with Crippen LogP contribution >= 0.6 is 0 Å². The molecule has 0 unspecified atom stereocenters. The van der Waals surface area contributed by atoms with Crippen LogP contribution in [0, 0.1) is 0 Å². The van der Waals surface area contributed by atoms with Gasteiger partial charge in [-0.05, 0) is 12.1 Å². The molecule has 1 amide bonds. The predicted octanol–water partition coefficient (Wildman–Crippen LogP) is 1.62. The monoisotopic (exact) mass is 446 g/mol. The lowest BCUT2D eigenvalue weighted by Gasteiger charge is -2.17. The molecule has 0 saturated carbocycles. The van der Waals surface area contributed by atoms with Crippen molar-refractivity contribution in [3.63, 3.8) is 0 Å². The number of anilines is 1. The average molecular weight is 446 g/mol. The number of hydrogen-bond donors (Lipinski definition) is 2. The summed E-state index contributed by atoms with van der Waals surface area (Å²) in [5.41, 5.74) is -0.460. The number of nitrogens with zero attached hydrogens (tertiary/aromatic N) is 6. The molecule has 5 rings (SSSR count). The fraction of sp³-hybridized carbons (Fsp3) is 0.316. The molecule has 32 heavy (non-hydrogen) atoms. The second-order valence-electron chi connectivity index (χ2n) is 7.27. The van der Waals surface area contributed by atoms with Gasteiger partial charge in [0.25, 0.3) is 0 Å². The van der Waals surface area contributed by atoms with Crippen molar-refractivity contribution >= 4 is 28.4 Å². The Balaban J connectivity index is 1.74. The zero-order chi connectivity index (χ0) is 22.5. The molecule has 4 aromatic rings. The second-order valence-corrected chi connectivity index (χ2v) is 7.27. The number of ether oxygens (including phenoxy) is 1. The van der Waals surface area contributed by atoms with Crippen LogP contribution in [0.15, 0.2) is 30.6 Å². The van der Waals surface area contributed by atoms with Gasteiger partial charge in [0, 0.05) is 25.2 Å². The molecule has 1 fully saturated rings. The van der Waals surface area contributed by atoms with E-state index in [9.17, 15) is 18.0 Å². The van der Waals surface area contributed by atoms with Gasteiger partial charge in [-0.25, -0.2) is 9.97 Å². The van der Waals surface area contributed by atoms with Gasteiger partial charge in [0.2, 0.25) is 11.9 Å². The van der Waals surface area contributed by atoms with Crippen molar-refractivity contribution in [3.05, 3.63) is 36.2 Å². The number of halogens is 3. The van der Waals surface area contributed by atoms with Gasteiger partial charge in [-0.3, -0.25) is 9.48 Å². The van der Waals surface area contributed by atoms with E-state index in [2.05, 4.69) is 30.8 Å². The number of fused-ring (bicyclic) bond motifs is 3. The molecular formula is C19H17F3N8O2. The number of para-hydroxylation sites is 1. The highest BCUT2D eigenvalue weighted by molar-refractivity contribution is 5.95. The fourth-order valence-electron chi connectivity index (χ4n) is 3.52. The van der Waals surface area contributed by atoms with Crippen molar-refractivity contribution < 1.29 is 22.7 Å². The summed E-state index contributed by atoms with van der Waals surface area (Å²) in [4.78, 5) is 21.0. The average Bonchev–Trinajstić information content (AvgIpc) is 3.33. The Morgan fingerprint density at radius 1 is 1.28 bits per heavy atom. The minimum absolute atomic E-state index is 0.0259. The highest BCUT2D eigenvalue weighted by Crippen LogP contribution is 2.36. The Labute approximate surface area is 178 Å². The van der Waals surface area contributed by atoms with Crippen molar-refractivity contribution in [1.82, 2.24) is 34.7 Å². The van der Waals surface area contributed by atoms with Gasteiger partial charge in [-0.15, -0.1) is 5.10 Å². The number of aryl methyl sites for hydroxylation is 1. The van der Waals surface area contributed by atoms with Gasteiger partial charge in [-0.1, -0.05) is 6.07 Å². The molecule has 1 aromatic carbocycles. The second kappa shape index (κ2) is 7.44. The van der Waals surface area contributed by atoms with Crippen LogP contribution < -0.4 is 10.6 Å². The van der Waals surface area contributed by atoms with Crippen LogP contribution in [0.5, 0.6) is 0 Å². The maximum Gasteiger partial charge on any atom is 0.418 e. The van der Waals surface area contributed by atoms with Crippen molar-refractivity contribution in [2.75, 3.05) is 25.1 Å². The molecule has 1 atom stereocenters. The predicted molar refractivity (Wildman–Crippen MR) is 107 cm³/mol. The summed E-state index contributed by atoms with van der Waals surface area (Å²) in [6.45, 7) is 0.694. The first-order chi connectivity index (χ1) is 15.3. The van der Waals surface area contributed by atoms with Gasteiger partial charge >= 0.3 is 6.18 Å². The maximum absolute atomic E-state index is 13.7. The normalized spacial score (nSPS) is 17.5. The lowest BCUT2D eigenvalue weighted by Crippen LogP contribution is -2.41. The summed E-state index contributed by atoms with van der Waals surface area (Å²) < 4.78 is 49.3. The van der Waals surface area contributed by atoms with Crippen molar-refractivity contribution in [2.45, 2.75) is 12.2 Å². The quantitative estimate of drug-likeness (QED) is 0.492. The topological polar surface area (TPSA) is 111 Å². The van der Waals surface area contributed by atoms with Crippen LogP contribution in [0.4, 0.5) is 19.1 Å². The van der Waals surface area contributed by atoms with Crippen molar-refractivity contribution in [1.29, 1.82) is 0 Å². The first-order valence-electron chi connectivity index (χ1n) is 9.69. The third-order valence-corrected chi connectivity index (χ3v) is 5.02. The van der Waals surface area contributed by atoms with Crippen LogP contribution in [0.1, 0.15) is 5.56 Å². The molecule has 0 bridgehead atoms. The lowest BCUT2D eigenvalue weighted by molar-refractivity contribution is -0.136. The van der Waals surface area contributed by atoms with E-state index in [0.29, 0.717) is 18.7 Å². The van der Waals surface area contributed by atoms with Crippen LogP contribution in [0.3, 0.4) is 0 Å². The fourth-order valence-corrected chi connectivity index (χ4v) is 3.52. The van der Waals surface area contributed by atoms with E-state index in [1.807, 2.05) is 0 Å². The van der Waals surface area contributed by atoms with E-state index < -0.39 is 17.8 Å². The molecule has 1 aliphatic heterocycles. The number of amides is 1. The molecular weight excluding hydrogens is 429 g/mol. The molecule has 0 radical (unpaired) electrons. The van der Waals surface area contributed by atoms with Gasteiger partial charge in [0.15, 0.2) is 11.5 Å². The summed E-state index contributed by atoms with van der Waals surface area (Å²) in [5, 5.41) is 14.2. The highest BCUT2D eigenvalue weighted by atomic mass is 19.4. The number of alkyl halides is 3. The summed E-state index contributed by atoms with van der Waals surface area (Å²) in [7, 11) is 1.73. The first-order valence-corrected chi connectivity index (χ1v) is 9.69. The third-order valence-electron chi connectivity index (χ3n) is 5.02. The van der Waals surface area contributed by atoms with E-state index in [-0.39, 0.29) is 40.8 Å². The van der Waals surface area contributed by atoms with Crippen LogP contribution in [-0.4, -0.2) is 61.1 Å². The summed E-state index contributed by atoms with van der Waals surface area (Å²) in [6, 6.07) is 2.88. The molecule has 0 spiro atoms. The molecule has 1 aliphatic rings. The molecule has 2 N–H and O–H groups in total. The largest absolute Gasteiger partial charge is 0.418 e. The van der Waals surface area contributed by atoms with E-state index in [1.165, 1.54) is 16.6 Å². The minimum Gasteiger partial charge on any atom is -0.377 e. The number of benzene rings is 1. The van der Waals surface area contributed by atoms with Gasteiger partial charge in [-0.2, -0.15) is 22.8 Å². The number of hydrogen-bond acceptors (Lipinski definition) is 7. The Kier molecular flexibility index (Phi) is 4.69. The minimum atomic E-state index is -4.63. The van der Waals surface area contributed by atoms with E-state index in [0.717, 1.165) is 6.07 Å². The summed E-state index contributed by atoms with van der Waals surface area (Å²) >= 11 is 0. The Morgan fingerprint density at radius 3 is 2.88 bits per heavy atom. The molecule has 3 aromatic heterocycles. The van der Waals surface area contributed by atoms with Crippen LogP contribution in [-0.2, 0) is 22.8 Å². The van der Waals surface area contributed by atoms with Crippen LogP contribution in [0.25, 0.3) is 27.9 Å². The molecule has 166 valence electrons.